The number of imide groups is 1. The molecule has 0 bridgehead atoms. The molecule has 1 heterocycles. The number of urea groups is 1. The van der Waals surface area contributed by atoms with Gasteiger partial charge < -0.3 is 4.90 Å². The third-order valence-corrected chi connectivity index (χ3v) is 6.26. The number of carbonyl (C=O) groups excluding carboxylic acids is 2. The van der Waals surface area contributed by atoms with Crippen LogP contribution in [0.5, 0.6) is 0 Å². The zero-order valence-electron chi connectivity index (χ0n) is 16.7. The van der Waals surface area contributed by atoms with Crippen molar-refractivity contribution in [3.63, 3.8) is 0 Å². The fraction of sp³-hybridized carbons (Fsp3) is 0.200. The van der Waals surface area contributed by atoms with Gasteiger partial charge in [0.25, 0.3) is 5.91 Å². The Morgan fingerprint density at radius 1 is 0.667 bits per heavy atom. The fourth-order valence-corrected chi connectivity index (χ4v) is 4.68. The van der Waals surface area contributed by atoms with Crippen LogP contribution in [0, 0.1) is 0 Å². The van der Waals surface area contributed by atoms with Crippen molar-refractivity contribution >= 4 is 23.7 Å². The van der Waals surface area contributed by atoms with Gasteiger partial charge in [0.2, 0.25) is 0 Å². The van der Waals surface area contributed by atoms with E-state index in [1.165, 1.54) is 10.5 Å². The molecule has 0 aromatic heterocycles. The standard InChI is InChI=1S/C25H24N2O2S/c28-24-23(19-30-18-22-14-8-3-9-15-22)26(16-20-10-4-1-5-11-20)25(29)27(24)17-21-12-6-2-7-13-21/h1-15,23H,16-19H2. The van der Waals surface area contributed by atoms with E-state index in [9.17, 15) is 9.59 Å². The highest BCUT2D eigenvalue weighted by Gasteiger charge is 2.44. The first-order valence-corrected chi connectivity index (χ1v) is 11.2. The van der Waals surface area contributed by atoms with Crippen LogP contribution < -0.4 is 0 Å². The van der Waals surface area contributed by atoms with Gasteiger partial charge in [0.1, 0.15) is 6.04 Å². The molecule has 0 N–H and O–H groups in total. The number of rotatable bonds is 8. The molecule has 3 aromatic carbocycles. The van der Waals surface area contributed by atoms with Crippen LogP contribution in [0.25, 0.3) is 0 Å². The number of benzene rings is 3. The van der Waals surface area contributed by atoms with E-state index < -0.39 is 6.04 Å². The van der Waals surface area contributed by atoms with E-state index in [1.54, 1.807) is 16.7 Å². The van der Waals surface area contributed by atoms with Crippen LogP contribution >= 0.6 is 11.8 Å². The zero-order valence-corrected chi connectivity index (χ0v) is 17.5. The first kappa shape index (κ1) is 20.2. The first-order chi connectivity index (χ1) is 14.7. The second-order valence-corrected chi connectivity index (χ2v) is 8.35. The highest BCUT2D eigenvalue weighted by Crippen LogP contribution is 2.26. The van der Waals surface area contributed by atoms with Crippen LogP contribution in [0.3, 0.4) is 0 Å². The molecule has 0 aliphatic carbocycles. The highest BCUT2D eigenvalue weighted by molar-refractivity contribution is 7.98. The molecule has 152 valence electrons. The lowest BCUT2D eigenvalue weighted by molar-refractivity contribution is -0.128. The molecule has 4 rings (SSSR count). The minimum atomic E-state index is -0.449. The highest BCUT2D eigenvalue weighted by atomic mass is 32.2. The van der Waals surface area contributed by atoms with Crippen LogP contribution in [0.2, 0.25) is 0 Å². The molecular formula is C25H24N2O2S. The Labute approximate surface area is 181 Å². The minimum absolute atomic E-state index is 0.111. The summed E-state index contributed by atoms with van der Waals surface area (Å²) in [4.78, 5) is 29.5. The van der Waals surface area contributed by atoms with Gasteiger partial charge in [-0.1, -0.05) is 91.0 Å². The second-order valence-electron chi connectivity index (χ2n) is 7.32. The molecule has 3 aromatic rings. The number of thioether (sulfide) groups is 1. The molecule has 0 saturated carbocycles. The van der Waals surface area contributed by atoms with E-state index in [4.69, 9.17) is 0 Å². The Morgan fingerprint density at radius 3 is 1.73 bits per heavy atom. The summed E-state index contributed by atoms with van der Waals surface area (Å²) < 4.78 is 0. The molecule has 1 unspecified atom stereocenters. The second kappa shape index (κ2) is 9.63. The maximum absolute atomic E-state index is 13.2. The monoisotopic (exact) mass is 416 g/mol. The van der Waals surface area contributed by atoms with Crippen molar-refractivity contribution in [1.29, 1.82) is 0 Å². The Morgan fingerprint density at radius 2 is 1.17 bits per heavy atom. The molecule has 3 amide bonds. The minimum Gasteiger partial charge on any atom is -0.307 e. The van der Waals surface area contributed by atoms with Crippen molar-refractivity contribution in [1.82, 2.24) is 9.80 Å². The van der Waals surface area contributed by atoms with Crippen LogP contribution in [0.15, 0.2) is 91.0 Å². The molecule has 1 aliphatic heterocycles. The summed E-state index contributed by atoms with van der Waals surface area (Å²) in [6.07, 6.45) is 0. The number of amides is 3. The topological polar surface area (TPSA) is 40.6 Å². The Hall–Kier alpha value is -3.05. The average Bonchev–Trinajstić information content (AvgIpc) is 3.00. The predicted molar refractivity (Wildman–Crippen MR) is 121 cm³/mol. The lowest BCUT2D eigenvalue weighted by atomic mass is 10.2. The SMILES string of the molecule is O=C1C(CSCc2ccccc2)N(Cc2ccccc2)C(=O)N1Cc1ccccc1. The van der Waals surface area contributed by atoms with Crippen LogP contribution in [-0.2, 0) is 23.6 Å². The van der Waals surface area contributed by atoms with Gasteiger partial charge in [-0.3, -0.25) is 9.69 Å². The van der Waals surface area contributed by atoms with Crippen LogP contribution in [0.1, 0.15) is 16.7 Å². The Kier molecular flexibility index (Phi) is 6.50. The van der Waals surface area contributed by atoms with E-state index >= 15 is 0 Å². The third-order valence-electron chi connectivity index (χ3n) is 5.17. The zero-order chi connectivity index (χ0) is 20.8. The van der Waals surface area contributed by atoms with Gasteiger partial charge in [-0.05, 0) is 16.7 Å². The first-order valence-electron chi connectivity index (χ1n) is 10.0. The average molecular weight is 417 g/mol. The fourth-order valence-electron chi connectivity index (χ4n) is 3.59. The van der Waals surface area contributed by atoms with Crippen molar-refractivity contribution in [2.45, 2.75) is 24.9 Å². The number of carbonyl (C=O) groups is 2. The Bertz CT molecular complexity index is 980. The Balaban J connectivity index is 1.50. The van der Waals surface area contributed by atoms with Crippen molar-refractivity contribution in [2.75, 3.05) is 5.75 Å². The summed E-state index contributed by atoms with van der Waals surface area (Å²) >= 11 is 1.69. The van der Waals surface area contributed by atoms with E-state index in [-0.39, 0.29) is 11.9 Å². The molecule has 1 atom stereocenters. The third kappa shape index (κ3) is 4.74. The molecule has 0 spiro atoms. The molecule has 5 heteroatoms. The summed E-state index contributed by atoms with van der Waals surface area (Å²) in [6.45, 7) is 0.747. The maximum atomic E-state index is 13.2. The van der Waals surface area contributed by atoms with Gasteiger partial charge in [0, 0.05) is 18.1 Å². The molecular weight excluding hydrogens is 392 g/mol. The van der Waals surface area contributed by atoms with E-state index in [1.807, 2.05) is 78.9 Å². The number of hydrogen-bond acceptors (Lipinski definition) is 3. The van der Waals surface area contributed by atoms with E-state index in [0.717, 1.165) is 16.9 Å². The van der Waals surface area contributed by atoms with Crippen LogP contribution in [0.4, 0.5) is 4.79 Å². The van der Waals surface area contributed by atoms with Crippen molar-refractivity contribution in [2.24, 2.45) is 0 Å². The maximum Gasteiger partial charge on any atom is 0.328 e. The van der Waals surface area contributed by atoms with Gasteiger partial charge in [0.05, 0.1) is 6.54 Å². The number of hydrogen-bond donors (Lipinski definition) is 0. The normalized spacial score (nSPS) is 16.3. The molecule has 0 radical (unpaired) electrons. The summed E-state index contributed by atoms with van der Waals surface area (Å²) in [7, 11) is 0. The van der Waals surface area contributed by atoms with Gasteiger partial charge >= 0.3 is 6.03 Å². The summed E-state index contributed by atoms with van der Waals surface area (Å²) in [6, 6.07) is 29.1. The number of nitrogens with zero attached hydrogens (tertiary/aromatic N) is 2. The summed E-state index contributed by atoms with van der Waals surface area (Å²) in [5.74, 6) is 1.29. The largest absolute Gasteiger partial charge is 0.328 e. The molecule has 30 heavy (non-hydrogen) atoms. The van der Waals surface area contributed by atoms with E-state index in [0.29, 0.717) is 18.8 Å². The summed E-state index contributed by atoms with van der Waals surface area (Å²) in [5, 5.41) is 0. The lowest BCUT2D eigenvalue weighted by Gasteiger charge is -2.21. The van der Waals surface area contributed by atoms with Gasteiger partial charge in [-0.25, -0.2) is 4.79 Å². The predicted octanol–water partition coefficient (Wildman–Crippen LogP) is 4.95. The molecule has 1 saturated heterocycles. The smallest absolute Gasteiger partial charge is 0.307 e. The van der Waals surface area contributed by atoms with Gasteiger partial charge in [-0.2, -0.15) is 11.8 Å². The molecule has 1 aliphatic rings. The van der Waals surface area contributed by atoms with E-state index in [2.05, 4.69) is 12.1 Å². The molecule has 4 nitrogen and oxygen atoms in total. The lowest BCUT2D eigenvalue weighted by Crippen LogP contribution is -2.36. The molecule has 1 fully saturated rings. The quantitative estimate of drug-likeness (QED) is 0.488. The van der Waals surface area contributed by atoms with Crippen molar-refractivity contribution in [3.8, 4) is 0 Å². The van der Waals surface area contributed by atoms with Crippen LogP contribution in [-0.4, -0.2) is 33.5 Å². The van der Waals surface area contributed by atoms with Crippen molar-refractivity contribution in [3.05, 3.63) is 108 Å². The summed E-state index contributed by atoms with van der Waals surface area (Å²) in [5.41, 5.74) is 3.20. The van der Waals surface area contributed by atoms with Gasteiger partial charge in [-0.15, -0.1) is 0 Å². The van der Waals surface area contributed by atoms with Crippen molar-refractivity contribution < 1.29 is 9.59 Å². The van der Waals surface area contributed by atoms with Gasteiger partial charge in [0.15, 0.2) is 0 Å².